The summed E-state index contributed by atoms with van der Waals surface area (Å²) in [4.78, 5) is 4.53. The lowest BCUT2D eigenvalue weighted by Crippen LogP contribution is -2.53. The normalized spacial score (nSPS) is 20.3. The molecule has 0 aromatic heterocycles. The Balaban J connectivity index is 2.35. The largest absolute Gasteiger partial charge is 0.396 e. The van der Waals surface area contributed by atoms with Crippen LogP contribution in [0.1, 0.15) is 20.8 Å². The smallest absolute Gasteiger partial charge is 0.0718 e. The van der Waals surface area contributed by atoms with E-state index in [-0.39, 0.29) is 13.2 Å². The van der Waals surface area contributed by atoms with Gasteiger partial charge in [0.05, 0.1) is 18.8 Å². The summed E-state index contributed by atoms with van der Waals surface area (Å²) in [5, 5.41) is 28.4. The highest BCUT2D eigenvalue weighted by Gasteiger charge is 2.28. The van der Waals surface area contributed by atoms with E-state index in [1.807, 2.05) is 20.8 Å². The molecule has 1 fully saturated rings. The maximum atomic E-state index is 9.78. The number of nitrogens with zero attached hydrogens (tertiary/aromatic N) is 2. The molecule has 5 heteroatoms. The Morgan fingerprint density at radius 3 is 1.56 bits per heavy atom. The molecular formula is C13H28N2O3. The van der Waals surface area contributed by atoms with Crippen molar-refractivity contribution in [1.29, 1.82) is 0 Å². The van der Waals surface area contributed by atoms with E-state index in [0.717, 1.165) is 32.7 Å². The minimum absolute atomic E-state index is 0.00733. The van der Waals surface area contributed by atoms with Gasteiger partial charge in [-0.3, -0.25) is 4.90 Å². The van der Waals surface area contributed by atoms with Crippen LogP contribution >= 0.6 is 0 Å². The van der Waals surface area contributed by atoms with Gasteiger partial charge in [-0.1, -0.05) is 6.92 Å². The number of hydrogen-bond donors (Lipinski definition) is 3. The van der Waals surface area contributed by atoms with Gasteiger partial charge in [-0.15, -0.1) is 0 Å². The molecule has 0 bridgehead atoms. The van der Waals surface area contributed by atoms with Gasteiger partial charge in [-0.05, 0) is 13.8 Å². The van der Waals surface area contributed by atoms with Crippen LogP contribution < -0.4 is 0 Å². The second-order valence-electron chi connectivity index (χ2n) is 6.49. The molecule has 0 aromatic carbocycles. The summed E-state index contributed by atoms with van der Waals surface area (Å²) in [6.07, 6.45) is 0. The molecule has 0 aromatic rings. The molecule has 0 unspecified atom stereocenters. The first-order valence-electron chi connectivity index (χ1n) is 6.67. The van der Waals surface area contributed by atoms with Gasteiger partial charge < -0.3 is 20.2 Å². The number of aliphatic hydroxyl groups is 3. The van der Waals surface area contributed by atoms with E-state index in [2.05, 4.69) is 9.80 Å². The third-order valence-electron chi connectivity index (χ3n) is 3.44. The van der Waals surface area contributed by atoms with Crippen LogP contribution in [0.15, 0.2) is 0 Å². The molecule has 1 saturated heterocycles. The van der Waals surface area contributed by atoms with Gasteiger partial charge in [-0.2, -0.15) is 0 Å². The highest BCUT2D eigenvalue weighted by Crippen LogP contribution is 2.18. The van der Waals surface area contributed by atoms with E-state index in [0.29, 0.717) is 6.54 Å². The Morgan fingerprint density at radius 1 is 0.833 bits per heavy atom. The molecule has 1 aliphatic rings. The van der Waals surface area contributed by atoms with Gasteiger partial charge >= 0.3 is 0 Å². The van der Waals surface area contributed by atoms with Crippen LogP contribution in [0.25, 0.3) is 0 Å². The van der Waals surface area contributed by atoms with Crippen LogP contribution in [0, 0.1) is 5.41 Å². The lowest BCUT2D eigenvalue weighted by molar-refractivity contribution is -0.00442. The fourth-order valence-electron chi connectivity index (χ4n) is 2.34. The minimum atomic E-state index is -0.646. The summed E-state index contributed by atoms with van der Waals surface area (Å²) in [6, 6.07) is 0. The maximum absolute atomic E-state index is 9.78. The monoisotopic (exact) mass is 260 g/mol. The summed E-state index contributed by atoms with van der Waals surface area (Å²) in [6.45, 7) is 10.7. The molecular weight excluding hydrogens is 232 g/mol. The average Bonchev–Trinajstić information content (AvgIpc) is 2.30. The molecule has 0 spiro atoms. The van der Waals surface area contributed by atoms with Crippen molar-refractivity contribution in [2.45, 2.75) is 26.4 Å². The molecule has 0 amide bonds. The van der Waals surface area contributed by atoms with Crippen LogP contribution in [0.4, 0.5) is 0 Å². The third-order valence-corrected chi connectivity index (χ3v) is 3.44. The fourth-order valence-corrected chi connectivity index (χ4v) is 2.34. The third kappa shape index (κ3) is 5.20. The van der Waals surface area contributed by atoms with Crippen molar-refractivity contribution in [3.05, 3.63) is 0 Å². The number of rotatable bonds is 6. The van der Waals surface area contributed by atoms with Gasteiger partial charge in [-0.25, -0.2) is 0 Å². The molecule has 1 aliphatic heterocycles. The summed E-state index contributed by atoms with van der Waals surface area (Å²) < 4.78 is 0. The van der Waals surface area contributed by atoms with Crippen LogP contribution in [-0.2, 0) is 0 Å². The Kier molecular flexibility index (Phi) is 5.55. The van der Waals surface area contributed by atoms with Gasteiger partial charge in [0.25, 0.3) is 0 Å². The number of β-amino-alcohol motifs (C(OH)–C–C–N with tert-alkyl or cyclic N) is 1. The molecule has 0 radical (unpaired) electrons. The first-order chi connectivity index (χ1) is 8.28. The summed E-state index contributed by atoms with van der Waals surface area (Å²) in [5.41, 5.74) is -1.06. The fraction of sp³-hybridized carbons (Fsp3) is 1.00. The van der Waals surface area contributed by atoms with E-state index < -0.39 is 11.0 Å². The van der Waals surface area contributed by atoms with E-state index in [1.54, 1.807) is 0 Å². The molecule has 1 heterocycles. The van der Waals surface area contributed by atoms with Crippen molar-refractivity contribution in [1.82, 2.24) is 9.80 Å². The zero-order valence-corrected chi connectivity index (χ0v) is 11.9. The Morgan fingerprint density at radius 2 is 1.22 bits per heavy atom. The van der Waals surface area contributed by atoms with E-state index in [1.165, 1.54) is 0 Å². The van der Waals surface area contributed by atoms with Crippen molar-refractivity contribution >= 4 is 0 Å². The zero-order valence-electron chi connectivity index (χ0n) is 11.9. The second-order valence-corrected chi connectivity index (χ2v) is 6.49. The van der Waals surface area contributed by atoms with Crippen molar-refractivity contribution in [2.24, 2.45) is 5.41 Å². The van der Waals surface area contributed by atoms with E-state index >= 15 is 0 Å². The molecule has 0 aliphatic carbocycles. The SMILES string of the molecule is CC(C)(O)CN1CCN(CC(C)(CO)CO)CC1. The summed E-state index contributed by atoms with van der Waals surface area (Å²) >= 11 is 0. The van der Waals surface area contributed by atoms with Gasteiger partial charge in [0.2, 0.25) is 0 Å². The highest BCUT2D eigenvalue weighted by atomic mass is 16.3. The highest BCUT2D eigenvalue weighted by molar-refractivity contribution is 4.82. The van der Waals surface area contributed by atoms with Crippen molar-refractivity contribution in [3.8, 4) is 0 Å². The summed E-state index contributed by atoms with van der Waals surface area (Å²) in [5.74, 6) is 0. The quantitative estimate of drug-likeness (QED) is 0.593. The molecule has 5 nitrogen and oxygen atoms in total. The van der Waals surface area contributed by atoms with Crippen molar-refractivity contribution < 1.29 is 15.3 Å². The lowest BCUT2D eigenvalue weighted by Gasteiger charge is -2.40. The average molecular weight is 260 g/mol. The first kappa shape index (κ1) is 15.9. The number of aliphatic hydroxyl groups excluding tert-OH is 2. The van der Waals surface area contributed by atoms with Crippen molar-refractivity contribution in [3.63, 3.8) is 0 Å². The number of piperazine rings is 1. The minimum Gasteiger partial charge on any atom is -0.396 e. The zero-order chi connectivity index (χ0) is 13.8. The number of hydrogen-bond acceptors (Lipinski definition) is 5. The maximum Gasteiger partial charge on any atom is 0.0718 e. The van der Waals surface area contributed by atoms with Crippen LogP contribution in [0.2, 0.25) is 0 Å². The lowest BCUT2D eigenvalue weighted by atomic mass is 9.92. The molecule has 0 saturated carbocycles. The second kappa shape index (κ2) is 6.30. The molecule has 0 atom stereocenters. The van der Waals surface area contributed by atoms with Crippen molar-refractivity contribution in [2.75, 3.05) is 52.5 Å². The predicted molar refractivity (Wildman–Crippen MR) is 71.5 cm³/mol. The standard InChI is InChI=1S/C13H28N2O3/c1-12(2,18)8-14-4-6-15(7-5-14)9-13(3,10-16)11-17/h16-18H,4-11H2,1-3H3. The van der Waals surface area contributed by atoms with Gasteiger partial charge in [0.15, 0.2) is 0 Å². The first-order valence-corrected chi connectivity index (χ1v) is 6.67. The predicted octanol–water partition coefficient (Wildman–Crippen LogP) is -0.634. The molecule has 3 N–H and O–H groups in total. The molecule has 18 heavy (non-hydrogen) atoms. The Bertz CT molecular complexity index is 241. The van der Waals surface area contributed by atoms with Crippen LogP contribution in [0.5, 0.6) is 0 Å². The topological polar surface area (TPSA) is 67.2 Å². The molecule has 108 valence electrons. The van der Waals surface area contributed by atoms with Gasteiger partial charge in [0.1, 0.15) is 0 Å². The Hall–Kier alpha value is -0.200. The Labute approximate surface area is 110 Å². The van der Waals surface area contributed by atoms with Crippen LogP contribution in [0.3, 0.4) is 0 Å². The van der Waals surface area contributed by atoms with E-state index in [9.17, 15) is 15.3 Å². The van der Waals surface area contributed by atoms with E-state index in [4.69, 9.17) is 0 Å². The van der Waals surface area contributed by atoms with Gasteiger partial charge in [0, 0.05) is 44.7 Å². The molecule has 1 rings (SSSR count). The van der Waals surface area contributed by atoms with Crippen LogP contribution in [-0.4, -0.2) is 83.2 Å². The summed E-state index contributed by atoms with van der Waals surface area (Å²) in [7, 11) is 0.